The van der Waals surface area contributed by atoms with Gasteiger partial charge in [-0.25, -0.2) is 0 Å². The molecule has 0 aromatic heterocycles. The van der Waals surface area contributed by atoms with Gasteiger partial charge < -0.3 is 19.9 Å². The molecule has 1 aliphatic heterocycles. The third kappa shape index (κ3) is 5.77. The van der Waals surface area contributed by atoms with Crippen molar-refractivity contribution in [1.82, 2.24) is 10.2 Å². The number of methoxy groups -OCH3 is 2. The first-order chi connectivity index (χ1) is 8.65. The SMILES string of the molecule is COC(CN1CCCC(CNCC(=O)O)C1)OC. The number of carbonyl (C=O) groups is 1. The molecule has 0 aromatic carbocycles. The molecular formula is C12H24N2O4. The summed E-state index contributed by atoms with van der Waals surface area (Å²) in [5, 5.41) is 11.5. The van der Waals surface area contributed by atoms with Crippen LogP contribution in [0, 0.1) is 5.92 Å². The summed E-state index contributed by atoms with van der Waals surface area (Å²) in [5.74, 6) is -0.297. The van der Waals surface area contributed by atoms with E-state index in [1.54, 1.807) is 14.2 Å². The Morgan fingerprint density at radius 1 is 1.50 bits per heavy atom. The summed E-state index contributed by atoms with van der Waals surface area (Å²) >= 11 is 0. The standard InChI is InChI=1S/C12H24N2O4/c1-17-12(18-2)9-14-5-3-4-10(8-14)6-13-7-11(15)16/h10,12-13H,3-9H2,1-2H3,(H,15,16). The molecule has 0 aliphatic carbocycles. The van der Waals surface area contributed by atoms with E-state index in [0.29, 0.717) is 5.92 Å². The Balaban J connectivity index is 2.25. The van der Waals surface area contributed by atoms with Crippen LogP contribution in [0.3, 0.4) is 0 Å². The van der Waals surface area contributed by atoms with E-state index in [1.807, 2.05) is 0 Å². The van der Waals surface area contributed by atoms with Crippen LogP contribution in [0.5, 0.6) is 0 Å². The quantitative estimate of drug-likeness (QED) is 0.598. The zero-order valence-electron chi connectivity index (χ0n) is 11.2. The monoisotopic (exact) mass is 260 g/mol. The van der Waals surface area contributed by atoms with Gasteiger partial charge in [0.05, 0.1) is 6.54 Å². The number of rotatable bonds is 8. The fourth-order valence-corrected chi connectivity index (χ4v) is 2.32. The first-order valence-corrected chi connectivity index (χ1v) is 6.36. The predicted octanol–water partition coefficient (Wildman–Crippen LogP) is -0.00850. The van der Waals surface area contributed by atoms with Gasteiger partial charge >= 0.3 is 5.97 Å². The van der Waals surface area contributed by atoms with Crippen LogP contribution in [0.25, 0.3) is 0 Å². The lowest BCUT2D eigenvalue weighted by Gasteiger charge is -2.34. The molecule has 0 spiro atoms. The van der Waals surface area contributed by atoms with E-state index in [0.717, 1.165) is 39.0 Å². The third-order valence-electron chi connectivity index (χ3n) is 3.25. The number of nitrogens with zero attached hydrogens (tertiary/aromatic N) is 1. The molecule has 0 amide bonds. The molecule has 1 unspecified atom stereocenters. The largest absolute Gasteiger partial charge is 0.480 e. The van der Waals surface area contributed by atoms with Crippen molar-refractivity contribution in [1.29, 1.82) is 0 Å². The smallest absolute Gasteiger partial charge is 0.317 e. The van der Waals surface area contributed by atoms with Crippen LogP contribution in [0.1, 0.15) is 12.8 Å². The van der Waals surface area contributed by atoms with Crippen LogP contribution in [-0.2, 0) is 14.3 Å². The summed E-state index contributed by atoms with van der Waals surface area (Å²) in [5.41, 5.74) is 0. The molecule has 6 heteroatoms. The molecule has 0 aromatic rings. The zero-order chi connectivity index (χ0) is 13.4. The molecule has 1 atom stereocenters. The van der Waals surface area contributed by atoms with E-state index in [1.165, 1.54) is 0 Å². The summed E-state index contributed by atoms with van der Waals surface area (Å²) in [6.07, 6.45) is 2.10. The van der Waals surface area contributed by atoms with Crippen LogP contribution in [-0.4, -0.2) is 69.2 Å². The maximum Gasteiger partial charge on any atom is 0.317 e. The second-order valence-electron chi connectivity index (χ2n) is 4.69. The molecular weight excluding hydrogens is 236 g/mol. The Kier molecular flexibility index (Phi) is 7.19. The Morgan fingerprint density at radius 2 is 2.22 bits per heavy atom. The van der Waals surface area contributed by atoms with E-state index in [2.05, 4.69) is 10.2 Å². The van der Waals surface area contributed by atoms with Gasteiger partial charge in [-0.15, -0.1) is 0 Å². The number of likely N-dealkylation sites (tertiary alicyclic amines) is 1. The Hall–Kier alpha value is -0.690. The van der Waals surface area contributed by atoms with E-state index in [-0.39, 0.29) is 12.8 Å². The molecule has 0 bridgehead atoms. The average molecular weight is 260 g/mol. The first-order valence-electron chi connectivity index (χ1n) is 6.36. The van der Waals surface area contributed by atoms with E-state index in [9.17, 15) is 4.79 Å². The van der Waals surface area contributed by atoms with Gasteiger partial charge in [0, 0.05) is 27.3 Å². The average Bonchev–Trinajstić information content (AvgIpc) is 2.36. The van der Waals surface area contributed by atoms with Gasteiger partial charge in [0.15, 0.2) is 6.29 Å². The molecule has 1 rings (SSSR count). The van der Waals surface area contributed by atoms with Crippen molar-refractivity contribution in [2.75, 3.05) is 46.9 Å². The number of piperidine rings is 1. The highest BCUT2D eigenvalue weighted by Crippen LogP contribution is 2.16. The Bertz CT molecular complexity index is 246. The molecule has 1 heterocycles. The van der Waals surface area contributed by atoms with Gasteiger partial charge in [0.1, 0.15) is 0 Å². The molecule has 1 fully saturated rings. The lowest BCUT2D eigenvalue weighted by Crippen LogP contribution is -2.44. The minimum atomic E-state index is -0.804. The van der Waals surface area contributed by atoms with E-state index in [4.69, 9.17) is 14.6 Å². The van der Waals surface area contributed by atoms with E-state index < -0.39 is 5.97 Å². The van der Waals surface area contributed by atoms with Gasteiger partial charge in [-0.05, 0) is 31.8 Å². The van der Waals surface area contributed by atoms with Crippen molar-refractivity contribution >= 4 is 5.97 Å². The van der Waals surface area contributed by atoms with Crippen LogP contribution < -0.4 is 5.32 Å². The van der Waals surface area contributed by atoms with Gasteiger partial charge in [-0.3, -0.25) is 9.69 Å². The lowest BCUT2D eigenvalue weighted by atomic mass is 9.98. The van der Waals surface area contributed by atoms with E-state index >= 15 is 0 Å². The van der Waals surface area contributed by atoms with Gasteiger partial charge in [0.2, 0.25) is 0 Å². The highest BCUT2D eigenvalue weighted by atomic mass is 16.7. The molecule has 106 valence electrons. The van der Waals surface area contributed by atoms with Crippen LogP contribution >= 0.6 is 0 Å². The van der Waals surface area contributed by atoms with Crippen molar-refractivity contribution in [3.63, 3.8) is 0 Å². The van der Waals surface area contributed by atoms with Crippen LogP contribution in [0.15, 0.2) is 0 Å². The normalized spacial score (nSPS) is 21.4. The van der Waals surface area contributed by atoms with Gasteiger partial charge in [-0.2, -0.15) is 0 Å². The van der Waals surface area contributed by atoms with Gasteiger partial charge in [-0.1, -0.05) is 0 Å². The second kappa shape index (κ2) is 8.42. The Labute approximate surface area is 108 Å². The zero-order valence-corrected chi connectivity index (χ0v) is 11.2. The van der Waals surface area contributed by atoms with Crippen LogP contribution in [0.2, 0.25) is 0 Å². The lowest BCUT2D eigenvalue weighted by molar-refractivity contribution is -0.136. The fourth-order valence-electron chi connectivity index (χ4n) is 2.32. The van der Waals surface area contributed by atoms with Gasteiger partial charge in [0.25, 0.3) is 0 Å². The van der Waals surface area contributed by atoms with Crippen molar-refractivity contribution in [2.45, 2.75) is 19.1 Å². The molecule has 6 nitrogen and oxygen atoms in total. The summed E-state index contributed by atoms with van der Waals surface area (Å²) in [6, 6.07) is 0. The molecule has 2 N–H and O–H groups in total. The van der Waals surface area contributed by atoms with Crippen LogP contribution in [0.4, 0.5) is 0 Å². The molecule has 0 saturated carbocycles. The number of hydrogen-bond acceptors (Lipinski definition) is 5. The fraction of sp³-hybridized carbons (Fsp3) is 0.917. The van der Waals surface area contributed by atoms with Crippen molar-refractivity contribution in [2.24, 2.45) is 5.92 Å². The second-order valence-corrected chi connectivity index (χ2v) is 4.69. The first kappa shape index (κ1) is 15.4. The topological polar surface area (TPSA) is 71.0 Å². The number of aliphatic carboxylic acids is 1. The summed E-state index contributed by atoms with van der Waals surface area (Å²) in [7, 11) is 3.29. The molecule has 0 radical (unpaired) electrons. The van der Waals surface area contributed by atoms with Crippen molar-refractivity contribution < 1.29 is 19.4 Å². The highest BCUT2D eigenvalue weighted by Gasteiger charge is 2.22. The number of ether oxygens (including phenoxy) is 2. The summed E-state index contributed by atoms with van der Waals surface area (Å²) in [6.45, 7) is 3.58. The number of carboxylic acids is 1. The third-order valence-corrected chi connectivity index (χ3v) is 3.25. The number of carboxylic acid groups (broad SMARTS) is 1. The minimum Gasteiger partial charge on any atom is -0.480 e. The summed E-state index contributed by atoms with van der Waals surface area (Å²) < 4.78 is 10.4. The molecule has 18 heavy (non-hydrogen) atoms. The minimum absolute atomic E-state index is 0.0370. The summed E-state index contributed by atoms with van der Waals surface area (Å²) in [4.78, 5) is 12.7. The number of hydrogen-bond donors (Lipinski definition) is 2. The van der Waals surface area contributed by atoms with Crippen molar-refractivity contribution in [3.8, 4) is 0 Å². The molecule has 1 aliphatic rings. The van der Waals surface area contributed by atoms with Crippen molar-refractivity contribution in [3.05, 3.63) is 0 Å². The predicted molar refractivity (Wildman–Crippen MR) is 67.5 cm³/mol. The Morgan fingerprint density at radius 3 is 2.83 bits per heavy atom. The molecule has 1 saturated heterocycles. The maximum atomic E-state index is 10.4. The number of nitrogens with one attached hydrogen (secondary N) is 1. The maximum absolute atomic E-state index is 10.4. The highest BCUT2D eigenvalue weighted by molar-refractivity contribution is 5.68.